The summed E-state index contributed by atoms with van der Waals surface area (Å²) in [5.41, 5.74) is 7.31. The second-order valence-corrected chi connectivity index (χ2v) is 7.58. The van der Waals surface area contributed by atoms with Crippen LogP contribution in [0.2, 0.25) is 0 Å². The number of morpholine rings is 1. The molecule has 0 aliphatic carbocycles. The van der Waals surface area contributed by atoms with Crippen molar-refractivity contribution in [1.82, 2.24) is 20.2 Å². The molecule has 162 valence electrons. The van der Waals surface area contributed by atoms with Crippen molar-refractivity contribution in [2.24, 2.45) is 5.10 Å². The third-order valence-electron chi connectivity index (χ3n) is 5.06. The molecule has 0 bridgehead atoms. The summed E-state index contributed by atoms with van der Waals surface area (Å²) in [6.45, 7) is 12.1. The first-order valence-corrected chi connectivity index (χ1v) is 10.8. The van der Waals surface area contributed by atoms with E-state index in [0.717, 1.165) is 67.8 Å². The lowest BCUT2D eigenvalue weighted by Crippen LogP contribution is -2.42. The van der Waals surface area contributed by atoms with Gasteiger partial charge in [-0.25, -0.2) is 0 Å². The van der Waals surface area contributed by atoms with Gasteiger partial charge in [-0.3, -0.25) is 10.3 Å². The van der Waals surface area contributed by atoms with Crippen LogP contribution in [0.5, 0.6) is 5.75 Å². The zero-order chi connectivity index (χ0) is 21.3. The van der Waals surface area contributed by atoms with E-state index in [0.29, 0.717) is 11.7 Å². The molecule has 1 aliphatic rings. The zero-order valence-electron chi connectivity index (χ0n) is 18.0. The van der Waals surface area contributed by atoms with Crippen molar-refractivity contribution in [2.45, 2.75) is 20.8 Å². The number of nitrogens with zero attached hydrogens (tertiary/aromatic N) is 3. The molecule has 3 rings (SSSR count). The highest BCUT2D eigenvalue weighted by Crippen LogP contribution is 2.22. The Labute approximate surface area is 184 Å². The van der Waals surface area contributed by atoms with Gasteiger partial charge in [0.1, 0.15) is 5.75 Å². The van der Waals surface area contributed by atoms with E-state index < -0.39 is 0 Å². The molecule has 8 heteroatoms. The molecule has 1 fully saturated rings. The van der Waals surface area contributed by atoms with Crippen molar-refractivity contribution < 1.29 is 9.47 Å². The summed E-state index contributed by atoms with van der Waals surface area (Å²) in [6, 6.07) is 10.2. The monoisotopic (exact) mass is 429 g/mol. The fourth-order valence-electron chi connectivity index (χ4n) is 3.53. The molecule has 7 nitrogen and oxygen atoms in total. The Morgan fingerprint density at radius 3 is 2.67 bits per heavy atom. The van der Waals surface area contributed by atoms with E-state index in [1.807, 2.05) is 25.3 Å². The summed E-state index contributed by atoms with van der Waals surface area (Å²) in [4.78, 5) is 2.36. The quantitative estimate of drug-likeness (QED) is 0.382. The van der Waals surface area contributed by atoms with E-state index in [-0.39, 0.29) is 0 Å². The number of hydrogen-bond acceptors (Lipinski definition) is 5. The lowest BCUT2D eigenvalue weighted by molar-refractivity contribution is 0.0389. The van der Waals surface area contributed by atoms with Crippen LogP contribution in [0.25, 0.3) is 5.69 Å². The second kappa shape index (κ2) is 11.1. The van der Waals surface area contributed by atoms with E-state index in [1.54, 1.807) is 0 Å². The van der Waals surface area contributed by atoms with E-state index in [9.17, 15) is 0 Å². The number of ether oxygens (including phenoxy) is 2. The molecule has 0 saturated carbocycles. The summed E-state index contributed by atoms with van der Waals surface area (Å²) in [7, 11) is 0. The number of aryl methyl sites for hydroxylation is 1. The van der Waals surface area contributed by atoms with Crippen LogP contribution >= 0.6 is 12.2 Å². The van der Waals surface area contributed by atoms with Crippen molar-refractivity contribution in [1.29, 1.82) is 0 Å². The molecule has 1 saturated heterocycles. The molecule has 0 unspecified atom stereocenters. The molecular formula is C22H31N5O2S. The van der Waals surface area contributed by atoms with Crippen molar-refractivity contribution in [3.63, 3.8) is 0 Å². The lowest BCUT2D eigenvalue weighted by Gasteiger charge is -2.26. The summed E-state index contributed by atoms with van der Waals surface area (Å²) in [5, 5.41) is 8.03. The van der Waals surface area contributed by atoms with Crippen LogP contribution < -0.4 is 15.5 Å². The first-order chi connectivity index (χ1) is 14.6. The SMILES string of the molecule is CCOc1ccc(-n2c(C)cc(/C=N/NC(=S)NCCN3CCOCC3)c2C)cc1. The Morgan fingerprint density at radius 2 is 1.97 bits per heavy atom. The van der Waals surface area contributed by atoms with Gasteiger partial charge in [-0.05, 0) is 63.3 Å². The van der Waals surface area contributed by atoms with Crippen molar-refractivity contribution in [3.05, 3.63) is 47.3 Å². The largest absolute Gasteiger partial charge is 0.494 e. The number of aromatic nitrogens is 1. The van der Waals surface area contributed by atoms with Crippen LogP contribution in [0.4, 0.5) is 0 Å². The third kappa shape index (κ3) is 6.04. The van der Waals surface area contributed by atoms with E-state index in [4.69, 9.17) is 21.7 Å². The third-order valence-corrected chi connectivity index (χ3v) is 5.30. The Balaban J connectivity index is 1.53. The first-order valence-electron chi connectivity index (χ1n) is 10.4. The molecular weight excluding hydrogens is 398 g/mol. The molecule has 0 amide bonds. The molecule has 1 aliphatic heterocycles. The van der Waals surface area contributed by atoms with Crippen molar-refractivity contribution in [3.8, 4) is 11.4 Å². The van der Waals surface area contributed by atoms with Gasteiger partial charge in [0.05, 0.1) is 26.0 Å². The Kier molecular flexibility index (Phi) is 8.24. The highest BCUT2D eigenvalue weighted by atomic mass is 32.1. The van der Waals surface area contributed by atoms with Crippen molar-refractivity contribution in [2.75, 3.05) is 46.0 Å². The molecule has 30 heavy (non-hydrogen) atoms. The van der Waals surface area contributed by atoms with Gasteiger partial charge < -0.3 is 19.4 Å². The first kappa shape index (κ1) is 22.3. The molecule has 0 spiro atoms. The van der Waals surface area contributed by atoms with E-state index in [2.05, 4.69) is 57.4 Å². The standard InChI is InChI=1S/C22H31N5O2S/c1-4-29-21-7-5-20(6-8-21)27-17(2)15-19(18(27)3)16-24-25-22(30)23-9-10-26-11-13-28-14-12-26/h5-8,15-16H,4,9-14H2,1-3H3,(H2,23,25,30)/b24-16+. The number of hydrazone groups is 1. The summed E-state index contributed by atoms with van der Waals surface area (Å²) in [5.74, 6) is 0.879. The van der Waals surface area contributed by atoms with Gasteiger partial charge in [0.25, 0.3) is 0 Å². The molecule has 2 N–H and O–H groups in total. The topological polar surface area (TPSA) is 63.0 Å². The average molecular weight is 430 g/mol. The molecule has 0 atom stereocenters. The Bertz CT molecular complexity index is 857. The number of thiocarbonyl (C=S) groups is 1. The smallest absolute Gasteiger partial charge is 0.187 e. The highest BCUT2D eigenvalue weighted by Gasteiger charge is 2.10. The van der Waals surface area contributed by atoms with Crippen LogP contribution in [-0.4, -0.2) is 66.8 Å². The Hall–Kier alpha value is -2.42. The summed E-state index contributed by atoms with van der Waals surface area (Å²) < 4.78 is 13.1. The van der Waals surface area contributed by atoms with E-state index in [1.165, 1.54) is 0 Å². The van der Waals surface area contributed by atoms with Gasteiger partial charge in [-0.15, -0.1) is 0 Å². The average Bonchev–Trinajstić information content (AvgIpc) is 3.03. The number of hydrogen-bond donors (Lipinski definition) is 2. The number of rotatable bonds is 8. The van der Waals surface area contributed by atoms with Crippen LogP contribution in [0.1, 0.15) is 23.9 Å². The maximum atomic E-state index is 5.54. The van der Waals surface area contributed by atoms with Gasteiger partial charge in [0.15, 0.2) is 5.11 Å². The minimum absolute atomic E-state index is 0.528. The highest BCUT2D eigenvalue weighted by molar-refractivity contribution is 7.80. The van der Waals surface area contributed by atoms with Crippen LogP contribution in [0.3, 0.4) is 0 Å². The van der Waals surface area contributed by atoms with Gasteiger partial charge >= 0.3 is 0 Å². The molecule has 2 aromatic rings. The van der Waals surface area contributed by atoms with Crippen molar-refractivity contribution >= 4 is 23.5 Å². The maximum absolute atomic E-state index is 5.54. The Morgan fingerprint density at radius 1 is 1.23 bits per heavy atom. The molecule has 1 aromatic heterocycles. The molecule has 2 heterocycles. The lowest BCUT2D eigenvalue weighted by atomic mass is 10.2. The summed E-state index contributed by atoms with van der Waals surface area (Å²) >= 11 is 5.31. The predicted molar refractivity (Wildman–Crippen MR) is 125 cm³/mol. The van der Waals surface area contributed by atoms with Crippen LogP contribution in [-0.2, 0) is 4.74 Å². The minimum Gasteiger partial charge on any atom is -0.494 e. The number of benzene rings is 1. The summed E-state index contributed by atoms with van der Waals surface area (Å²) in [6.07, 6.45) is 1.81. The normalized spacial score (nSPS) is 14.8. The van der Waals surface area contributed by atoms with Crippen LogP contribution in [0.15, 0.2) is 35.4 Å². The van der Waals surface area contributed by atoms with Gasteiger partial charge in [0.2, 0.25) is 0 Å². The fourth-order valence-corrected chi connectivity index (χ4v) is 3.68. The van der Waals surface area contributed by atoms with Gasteiger partial charge in [-0.2, -0.15) is 5.10 Å². The van der Waals surface area contributed by atoms with Gasteiger partial charge in [-0.1, -0.05) is 0 Å². The fraction of sp³-hybridized carbons (Fsp3) is 0.455. The van der Waals surface area contributed by atoms with Crippen LogP contribution in [0, 0.1) is 13.8 Å². The zero-order valence-corrected chi connectivity index (χ0v) is 18.8. The second-order valence-electron chi connectivity index (χ2n) is 7.17. The predicted octanol–water partition coefficient (Wildman–Crippen LogP) is 2.62. The van der Waals surface area contributed by atoms with Gasteiger partial charge in [0, 0.05) is 48.8 Å². The maximum Gasteiger partial charge on any atom is 0.187 e. The molecule has 1 aromatic carbocycles. The molecule has 0 radical (unpaired) electrons. The number of nitrogens with one attached hydrogen (secondary N) is 2. The minimum atomic E-state index is 0.528. The van der Waals surface area contributed by atoms with E-state index >= 15 is 0 Å².